The van der Waals surface area contributed by atoms with Crippen molar-refractivity contribution in [1.29, 1.82) is 0 Å². The van der Waals surface area contributed by atoms with Gasteiger partial charge in [-0.25, -0.2) is 0 Å². The van der Waals surface area contributed by atoms with E-state index in [9.17, 15) is 9.90 Å². The fourth-order valence-electron chi connectivity index (χ4n) is 2.61. The second-order valence-corrected chi connectivity index (χ2v) is 4.75. The average molecular weight is 234 g/mol. The van der Waals surface area contributed by atoms with Crippen LogP contribution in [-0.2, 0) is 4.79 Å². The Labute approximate surface area is 101 Å². The molecule has 3 unspecified atom stereocenters. The van der Waals surface area contributed by atoms with Crippen LogP contribution in [0.15, 0.2) is 24.5 Å². The van der Waals surface area contributed by atoms with Gasteiger partial charge < -0.3 is 5.11 Å². The molecule has 1 saturated heterocycles. The van der Waals surface area contributed by atoms with Crippen LogP contribution >= 0.6 is 0 Å². The predicted octanol–water partition coefficient (Wildman–Crippen LogP) is 1.94. The Hall–Kier alpha value is -1.42. The van der Waals surface area contributed by atoms with E-state index in [0.717, 1.165) is 18.5 Å². The van der Waals surface area contributed by atoms with E-state index in [2.05, 4.69) is 9.88 Å². The largest absolute Gasteiger partial charge is 0.480 e. The molecule has 1 aliphatic rings. The zero-order chi connectivity index (χ0) is 12.4. The van der Waals surface area contributed by atoms with Gasteiger partial charge in [0.15, 0.2) is 0 Å². The molecule has 1 aromatic heterocycles. The van der Waals surface area contributed by atoms with Gasteiger partial charge in [0, 0.05) is 18.4 Å². The fourth-order valence-corrected chi connectivity index (χ4v) is 2.61. The van der Waals surface area contributed by atoms with E-state index in [1.54, 1.807) is 6.20 Å². The number of likely N-dealkylation sites (tertiary alicyclic amines) is 1. The molecule has 1 N–H and O–H groups in total. The highest BCUT2D eigenvalue weighted by Crippen LogP contribution is 2.32. The number of nitrogens with zero attached hydrogens (tertiary/aromatic N) is 2. The van der Waals surface area contributed by atoms with Crippen molar-refractivity contribution in [2.75, 3.05) is 6.54 Å². The molecule has 1 fully saturated rings. The third-order valence-electron chi connectivity index (χ3n) is 3.66. The molecule has 0 saturated carbocycles. The third-order valence-corrected chi connectivity index (χ3v) is 3.66. The van der Waals surface area contributed by atoms with Crippen molar-refractivity contribution < 1.29 is 9.90 Å². The number of aromatic nitrogens is 1. The summed E-state index contributed by atoms with van der Waals surface area (Å²) in [5.41, 5.74) is 1.08. The molecule has 1 aliphatic heterocycles. The topological polar surface area (TPSA) is 53.4 Å². The Balaban J connectivity index is 2.20. The highest BCUT2D eigenvalue weighted by atomic mass is 16.4. The minimum Gasteiger partial charge on any atom is -0.480 e. The molecular weight excluding hydrogens is 216 g/mol. The summed E-state index contributed by atoms with van der Waals surface area (Å²) < 4.78 is 0. The van der Waals surface area contributed by atoms with Crippen LogP contribution < -0.4 is 0 Å². The molecule has 2 rings (SSSR count). The first-order valence-electron chi connectivity index (χ1n) is 5.99. The zero-order valence-electron chi connectivity index (χ0n) is 10.2. The summed E-state index contributed by atoms with van der Waals surface area (Å²) in [5.74, 6) is -0.502. The van der Waals surface area contributed by atoms with E-state index in [1.807, 2.05) is 32.2 Å². The third kappa shape index (κ3) is 2.31. The lowest BCUT2D eigenvalue weighted by Gasteiger charge is -2.29. The lowest BCUT2D eigenvalue weighted by atomic mass is 10.0. The van der Waals surface area contributed by atoms with Crippen LogP contribution in [-0.4, -0.2) is 33.5 Å². The number of aliphatic carboxylic acids is 1. The van der Waals surface area contributed by atoms with Crippen LogP contribution in [0.2, 0.25) is 0 Å². The van der Waals surface area contributed by atoms with E-state index >= 15 is 0 Å². The van der Waals surface area contributed by atoms with Crippen LogP contribution in [0.3, 0.4) is 0 Å². The smallest absolute Gasteiger partial charge is 0.321 e. The number of rotatable bonds is 3. The van der Waals surface area contributed by atoms with Crippen molar-refractivity contribution in [2.45, 2.75) is 32.4 Å². The molecular formula is C13H18N2O2. The number of pyridine rings is 1. The maximum absolute atomic E-state index is 11.3. The highest BCUT2D eigenvalue weighted by molar-refractivity contribution is 5.74. The van der Waals surface area contributed by atoms with Crippen molar-refractivity contribution in [3.8, 4) is 0 Å². The molecule has 0 aromatic carbocycles. The van der Waals surface area contributed by atoms with E-state index in [0.29, 0.717) is 0 Å². The summed E-state index contributed by atoms with van der Waals surface area (Å²) in [6, 6.07) is 3.63. The summed E-state index contributed by atoms with van der Waals surface area (Å²) in [7, 11) is 0. The number of hydrogen-bond donors (Lipinski definition) is 1. The van der Waals surface area contributed by atoms with Gasteiger partial charge in [-0.3, -0.25) is 14.7 Å². The Morgan fingerprint density at radius 1 is 1.65 bits per heavy atom. The molecule has 0 aliphatic carbocycles. The molecule has 0 spiro atoms. The normalized spacial score (nSPS) is 26.9. The van der Waals surface area contributed by atoms with Crippen molar-refractivity contribution in [3.63, 3.8) is 0 Å². The number of carboxylic acids is 1. The summed E-state index contributed by atoms with van der Waals surface area (Å²) >= 11 is 0. The van der Waals surface area contributed by atoms with Crippen molar-refractivity contribution in [2.24, 2.45) is 5.92 Å². The summed E-state index contributed by atoms with van der Waals surface area (Å²) in [6.45, 7) is 4.90. The first-order chi connectivity index (χ1) is 8.11. The van der Waals surface area contributed by atoms with Crippen LogP contribution in [0.25, 0.3) is 0 Å². The monoisotopic (exact) mass is 234 g/mol. The van der Waals surface area contributed by atoms with Crippen molar-refractivity contribution >= 4 is 5.97 Å². The Bertz CT molecular complexity index is 394. The second-order valence-electron chi connectivity index (χ2n) is 4.75. The van der Waals surface area contributed by atoms with E-state index < -0.39 is 5.97 Å². The lowest BCUT2D eigenvalue weighted by Crippen LogP contribution is -2.40. The number of hydrogen-bond acceptors (Lipinski definition) is 3. The van der Waals surface area contributed by atoms with Crippen LogP contribution in [0.1, 0.15) is 31.9 Å². The quantitative estimate of drug-likeness (QED) is 0.868. The number of carboxylic acid groups (broad SMARTS) is 1. The maximum Gasteiger partial charge on any atom is 0.321 e. The van der Waals surface area contributed by atoms with Crippen LogP contribution in [0, 0.1) is 5.92 Å². The summed E-state index contributed by atoms with van der Waals surface area (Å²) in [4.78, 5) is 17.5. The fraction of sp³-hybridized carbons (Fsp3) is 0.538. The average Bonchev–Trinajstić information content (AvgIpc) is 2.71. The maximum atomic E-state index is 11.3. The molecule has 4 heteroatoms. The van der Waals surface area contributed by atoms with Gasteiger partial charge >= 0.3 is 5.97 Å². The Morgan fingerprint density at radius 2 is 2.41 bits per heavy atom. The second kappa shape index (κ2) is 4.84. The molecule has 0 radical (unpaired) electrons. The van der Waals surface area contributed by atoms with Crippen LogP contribution in [0.5, 0.6) is 0 Å². The van der Waals surface area contributed by atoms with Gasteiger partial charge in [-0.15, -0.1) is 0 Å². The van der Waals surface area contributed by atoms with Gasteiger partial charge in [-0.1, -0.05) is 13.0 Å². The zero-order valence-corrected chi connectivity index (χ0v) is 10.2. The molecule has 92 valence electrons. The van der Waals surface area contributed by atoms with Gasteiger partial charge in [0.1, 0.15) is 6.04 Å². The van der Waals surface area contributed by atoms with Gasteiger partial charge in [-0.05, 0) is 37.4 Å². The minimum absolute atomic E-state index is 0.106. The van der Waals surface area contributed by atoms with Crippen molar-refractivity contribution in [3.05, 3.63) is 30.1 Å². The van der Waals surface area contributed by atoms with E-state index in [4.69, 9.17) is 0 Å². The van der Waals surface area contributed by atoms with Gasteiger partial charge in [0.05, 0.1) is 0 Å². The first kappa shape index (κ1) is 12.0. The summed E-state index contributed by atoms with van der Waals surface area (Å²) in [5, 5.41) is 9.29. The van der Waals surface area contributed by atoms with Crippen molar-refractivity contribution in [1.82, 2.24) is 9.88 Å². The van der Waals surface area contributed by atoms with Gasteiger partial charge in [0.25, 0.3) is 0 Å². The highest BCUT2D eigenvalue weighted by Gasteiger charge is 2.39. The Morgan fingerprint density at radius 3 is 3.00 bits per heavy atom. The lowest BCUT2D eigenvalue weighted by molar-refractivity contribution is -0.144. The van der Waals surface area contributed by atoms with Crippen LogP contribution in [0.4, 0.5) is 0 Å². The van der Waals surface area contributed by atoms with E-state index in [-0.39, 0.29) is 18.0 Å². The SMILES string of the molecule is CC1CCN(C(C)c2cccnc2)C1C(=O)O. The Kier molecular flexibility index (Phi) is 3.43. The molecule has 0 bridgehead atoms. The molecule has 0 amide bonds. The van der Waals surface area contributed by atoms with Gasteiger partial charge in [0.2, 0.25) is 0 Å². The summed E-state index contributed by atoms with van der Waals surface area (Å²) in [6.07, 6.45) is 4.49. The minimum atomic E-state index is -0.717. The molecule has 17 heavy (non-hydrogen) atoms. The molecule has 3 atom stereocenters. The molecule has 2 heterocycles. The molecule has 4 nitrogen and oxygen atoms in total. The van der Waals surface area contributed by atoms with Gasteiger partial charge in [-0.2, -0.15) is 0 Å². The standard InChI is InChI=1S/C13H18N2O2/c1-9-5-7-15(12(9)13(16)17)10(2)11-4-3-6-14-8-11/h3-4,6,8-10,12H,5,7H2,1-2H3,(H,16,17). The predicted molar refractivity (Wildman–Crippen MR) is 64.6 cm³/mol. The number of carbonyl (C=O) groups is 1. The molecule has 1 aromatic rings. The van der Waals surface area contributed by atoms with E-state index in [1.165, 1.54) is 0 Å². The first-order valence-corrected chi connectivity index (χ1v) is 5.99.